The first kappa shape index (κ1) is 10.5. The van der Waals surface area contributed by atoms with Gasteiger partial charge in [0.15, 0.2) is 0 Å². The lowest BCUT2D eigenvalue weighted by Crippen LogP contribution is -2.39. The maximum atomic E-state index is 5.81. The summed E-state index contributed by atoms with van der Waals surface area (Å²) in [6.45, 7) is 8.43. The van der Waals surface area contributed by atoms with E-state index in [0.29, 0.717) is 5.88 Å². The van der Waals surface area contributed by atoms with E-state index >= 15 is 0 Å². The van der Waals surface area contributed by atoms with Crippen LogP contribution in [0.25, 0.3) is 0 Å². The van der Waals surface area contributed by atoms with E-state index in [-0.39, 0.29) is 11.0 Å². The Morgan fingerprint density at radius 2 is 2.07 bits per heavy atom. The van der Waals surface area contributed by atoms with Gasteiger partial charge in [0.05, 0.1) is 0 Å². The third kappa shape index (κ3) is 2.16. The van der Waals surface area contributed by atoms with Gasteiger partial charge < -0.3 is 9.26 Å². The first-order valence-corrected chi connectivity index (χ1v) is 5.55. The predicted molar refractivity (Wildman–Crippen MR) is 58.1 cm³/mol. The minimum Gasteiger partial charge on any atom is -0.469 e. The highest BCUT2D eigenvalue weighted by molar-refractivity contribution is 5.18. The van der Waals surface area contributed by atoms with E-state index < -0.39 is 0 Å². The van der Waals surface area contributed by atoms with Gasteiger partial charge in [0.2, 0.25) is 0 Å². The molecule has 1 heterocycles. The van der Waals surface area contributed by atoms with Crippen molar-refractivity contribution in [3.8, 4) is 5.88 Å². The van der Waals surface area contributed by atoms with Gasteiger partial charge in [0, 0.05) is 11.5 Å². The van der Waals surface area contributed by atoms with E-state index in [0.717, 1.165) is 18.6 Å². The quantitative estimate of drug-likeness (QED) is 0.749. The normalized spacial score (nSPS) is 19.7. The highest BCUT2D eigenvalue weighted by atomic mass is 16.6. The summed E-state index contributed by atoms with van der Waals surface area (Å²) in [5.41, 5.74) is -0.0127. The molecule has 0 saturated heterocycles. The highest BCUT2D eigenvalue weighted by Crippen LogP contribution is 2.36. The maximum Gasteiger partial charge on any atom is 0.254 e. The Balaban J connectivity index is 2.07. The predicted octanol–water partition coefficient (Wildman–Crippen LogP) is 3.29. The molecule has 1 fully saturated rings. The van der Waals surface area contributed by atoms with Gasteiger partial charge in [-0.3, -0.25) is 0 Å². The summed E-state index contributed by atoms with van der Waals surface area (Å²) in [7, 11) is 0. The Kier molecular flexibility index (Phi) is 2.28. The molecule has 1 saturated carbocycles. The monoisotopic (exact) mass is 209 g/mol. The van der Waals surface area contributed by atoms with Gasteiger partial charge in [-0.15, -0.1) is 0 Å². The van der Waals surface area contributed by atoms with Crippen LogP contribution in [0.5, 0.6) is 5.88 Å². The van der Waals surface area contributed by atoms with Crippen LogP contribution in [-0.2, 0) is 5.41 Å². The zero-order valence-electron chi connectivity index (χ0n) is 9.96. The molecule has 3 heteroatoms. The lowest BCUT2D eigenvalue weighted by molar-refractivity contribution is 0.00445. The van der Waals surface area contributed by atoms with Crippen LogP contribution in [0.1, 0.15) is 52.7 Å². The van der Waals surface area contributed by atoms with Crippen LogP contribution in [0, 0.1) is 0 Å². The fourth-order valence-electron chi connectivity index (χ4n) is 1.69. The second-order valence-corrected chi connectivity index (χ2v) is 5.68. The van der Waals surface area contributed by atoms with E-state index in [2.05, 4.69) is 32.9 Å². The van der Waals surface area contributed by atoms with Gasteiger partial charge in [0.25, 0.3) is 5.88 Å². The number of aromatic nitrogens is 1. The summed E-state index contributed by atoms with van der Waals surface area (Å²) in [5, 5.41) is 3.95. The first-order valence-electron chi connectivity index (χ1n) is 5.55. The summed E-state index contributed by atoms with van der Waals surface area (Å²) < 4.78 is 11.1. The Labute approximate surface area is 90.8 Å². The smallest absolute Gasteiger partial charge is 0.254 e. The first-order chi connectivity index (χ1) is 6.89. The average Bonchev–Trinajstić information content (AvgIpc) is 2.49. The molecule has 0 bridgehead atoms. The fraction of sp³-hybridized carbons (Fsp3) is 0.750. The van der Waals surface area contributed by atoms with Crippen molar-refractivity contribution in [2.75, 3.05) is 0 Å². The van der Waals surface area contributed by atoms with E-state index in [9.17, 15) is 0 Å². The summed E-state index contributed by atoms with van der Waals surface area (Å²) in [4.78, 5) is 0. The van der Waals surface area contributed by atoms with Crippen molar-refractivity contribution in [2.24, 2.45) is 0 Å². The lowest BCUT2D eigenvalue weighted by atomic mass is 9.82. The van der Waals surface area contributed by atoms with Crippen molar-refractivity contribution in [3.05, 3.63) is 11.8 Å². The molecule has 0 N–H and O–H groups in total. The van der Waals surface area contributed by atoms with E-state index in [1.807, 2.05) is 6.07 Å². The van der Waals surface area contributed by atoms with Crippen LogP contribution in [0.15, 0.2) is 10.6 Å². The van der Waals surface area contributed by atoms with Gasteiger partial charge in [-0.1, -0.05) is 20.8 Å². The van der Waals surface area contributed by atoms with E-state index in [1.54, 1.807) is 0 Å². The van der Waals surface area contributed by atoms with Crippen molar-refractivity contribution in [3.63, 3.8) is 0 Å². The molecule has 15 heavy (non-hydrogen) atoms. The van der Waals surface area contributed by atoms with E-state index in [1.165, 1.54) is 6.42 Å². The number of nitrogens with zero attached hydrogens (tertiary/aromatic N) is 1. The van der Waals surface area contributed by atoms with Crippen molar-refractivity contribution >= 4 is 0 Å². The zero-order valence-corrected chi connectivity index (χ0v) is 9.96. The van der Waals surface area contributed by atoms with Gasteiger partial charge in [-0.2, -0.15) is 0 Å². The van der Waals surface area contributed by atoms with Crippen molar-refractivity contribution in [1.29, 1.82) is 0 Å². The number of hydrogen-bond acceptors (Lipinski definition) is 3. The highest BCUT2D eigenvalue weighted by Gasteiger charge is 2.35. The molecule has 1 aliphatic carbocycles. The van der Waals surface area contributed by atoms with Crippen molar-refractivity contribution < 1.29 is 9.26 Å². The summed E-state index contributed by atoms with van der Waals surface area (Å²) in [6.07, 6.45) is 3.48. The molecule has 0 radical (unpaired) electrons. The molecule has 0 aromatic carbocycles. The standard InChI is InChI=1S/C12H19NO2/c1-11(2,3)9-8-10(13-15-9)14-12(4)6-5-7-12/h8H,5-7H2,1-4H3. The summed E-state index contributed by atoms with van der Waals surface area (Å²) >= 11 is 0. The van der Waals surface area contributed by atoms with Crippen LogP contribution < -0.4 is 4.74 Å². The van der Waals surface area contributed by atoms with Crippen LogP contribution in [0.4, 0.5) is 0 Å². The number of ether oxygens (including phenoxy) is 1. The molecule has 1 aromatic rings. The Morgan fingerprint density at radius 3 is 2.47 bits per heavy atom. The molecule has 1 aromatic heterocycles. The molecule has 2 rings (SSSR count). The second-order valence-electron chi connectivity index (χ2n) is 5.68. The molecule has 1 aliphatic rings. The van der Waals surface area contributed by atoms with Crippen LogP contribution in [-0.4, -0.2) is 10.8 Å². The fourth-order valence-corrected chi connectivity index (χ4v) is 1.69. The third-order valence-electron chi connectivity index (χ3n) is 2.99. The molecule has 0 aliphatic heterocycles. The van der Waals surface area contributed by atoms with Gasteiger partial charge in [0.1, 0.15) is 11.4 Å². The summed E-state index contributed by atoms with van der Waals surface area (Å²) in [5.74, 6) is 1.50. The van der Waals surface area contributed by atoms with Gasteiger partial charge >= 0.3 is 0 Å². The SMILES string of the molecule is CC1(Oc2cc(C(C)(C)C)on2)CCC1. The minimum absolute atomic E-state index is 0.00483. The molecule has 0 atom stereocenters. The Hall–Kier alpha value is -0.990. The second kappa shape index (κ2) is 3.26. The topological polar surface area (TPSA) is 35.3 Å². The molecule has 84 valence electrons. The Bertz CT molecular complexity index is 345. The zero-order chi connectivity index (χ0) is 11.1. The molecule has 0 unspecified atom stereocenters. The van der Waals surface area contributed by atoms with Crippen LogP contribution in [0.2, 0.25) is 0 Å². The minimum atomic E-state index is -0.00791. The van der Waals surface area contributed by atoms with E-state index in [4.69, 9.17) is 9.26 Å². The molecule has 0 amide bonds. The van der Waals surface area contributed by atoms with Crippen molar-refractivity contribution in [2.45, 2.75) is 58.0 Å². The largest absolute Gasteiger partial charge is 0.469 e. The molecular weight excluding hydrogens is 190 g/mol. The Morgan fingerprint density at radius 1 is 1.40 bits per heavy atom. The number of hydrogen-bond donors (Lipinski definition) is 0. The third-order valence-corrected chi connectivity index (χ3v) is 2.99. The lowest BCUT2D eigenvalue weighted by Gasteiger charge is -2.37. The van der Waals surface area contributed by atoms with Gasteiger partial charge in [-0.25, -0.2) is 0 Å². The van der Waals surface area contributed by atoms with Gasteiger partial charge in [-0.05, 0) is 31.3 Å². The average molecular weight is 209 g/mol. The molecule has 3 nitrogen and oxygen atoms in total. The maximum absolute atomic E-state index is 5.81. The number of rotatable bonds is 2. The summed E-state index contributed by atoms with van der Waals surface area (Å²) in [6, 6.07) is 1.91. The molecular formula is C12H19NO2. The van der Waals surface area contributed by atoms with Crippen LogP contribution >= 0.6 is 0 Å². The molecule has 0 spiro atoms. The van der Waals surface area contributed by atoms with Crippen molar-refractivity contribution in [1.82, 2.24) is 5.16 Å². The van der Waals surface area contributed by atoms with Crippen LogP contribution in [0.3, 0.4) is 0 Å².